The molecule has 2 saturated carbocycles. The van der Waals surface area contributed by atoms with Crippen LogP contribution in [0.3, 0.4) is 0 Å². The Kier molecular flexibility index (Phi) is 3.56. The van der Waals surface area contributed by atoms with Gasteiger partial charge in [-0.1, -0.05) is 32.0 Å². The minimum atomic E-state index is 0.660. The van der Waals surface area contributed by atoms with Gasteiger partial charge >= 0.3 is 0 Å². The van der Waals surface area contributed by atoms with E-state index >= 15 is 0 Å². The first-order chi connectivity index (χ1) is 9.22. The quantitative estimate of drug-likeness (QED) is 0.688. The van der Waals surface area contributed by atoms with E-state index in [0.717, 1.165) is 18.4 Å². The molecule has 1 nitrogen and oxygen atoms in total. The lowest BCUT2D eigenvalue weighted by molar-refractivity contribution is 0.326. The first-order valence-corrected chi connectivity index (χ1v) is 7.98. The number of rotatable bonds is 6. The van der Waals surface area contributed by atoms with Gasteiger partial charge in [-0.15, -0.1) is 0 Å². The summed E-state index contributed by atoms with van der Waals surface area (Å²) >= 11 is 0. The maximum Gasteiger partial charge on any atom is 0.126 e. The molecule has 0 bridgehead atoms. The van der Waals surface area contributed by atoms with Gasteiger partial charge in [0.1, 0.15) is 5.75 Å². The van der Waals surface area contributed by atoms with Crippen LogP contribution in [0.15, 0.2) is 18.2 Å². The Morgan fingerprint density at radius 2 is 1.47 bits per heavy atom. The van der Waals surface area contributed by atoms with E-state index in [1.165, 1.54) is 42.6 Å². The molecule has 0 unspecified atom stereocenters. The molecule has 0 aliphatic heterocycles. The molecule has 0 radical (unpaired) electrons. The van der Waals surface area contributed by atoms with Gasteiger partial charge in [0, 0.05) is 0 Å². The first kappa shape index (κ1) is 13.0. The third-order valence-corrected chi connectivity index (χ3v) is 5.00. The van der Waals surface area contributed by atoms with Crippen molar-refractivity contribution in [3.8, 4) is 5.75 Å². The molecule has 3 rings (SSSR count). The molecule has 1 heteroatoms. The van der Waals surface area contributed by atoms with Gasteiger partial charge in [0.15, 0.2) is 0 Å². The highest BCUT2D eigenvalue weighted by Gasteiger charge is 2.34. The fraction of sp³-hybridized carbons (Fsp3) is 0.667. The fourth-order valence-electron chi connectivity index (χ4n) is 3.30. The van der Waals surface area contributed by atoms with E-state index in [4.69, 9.17) is 4.74 Å². The molecule has 2 fully saturated rings. The Bertz CT molecular complexity index is 407. The summed E-state index contributed by atoms with van der Waals surface area (Å²) < 4.78 is 6.07. The van der Waals surface area contributed by atoms with Crippen LogP contribution in [0.25, 0.3) is 0 Å². The minimum absolute atomic E-state index is 0.660. The molecule has 1 aromatic carbocycles. The molecule has 0 heterocycles. The molecule has 0 spiro atoms. The smallest absolute Gasteiger partial charge is 0.126 e. The highest BCUT2D eigenvalue weighted by Crippen LogP contribution is 2.49. The highest BCUT2D eigenvalue weighted by molar-refractivity contribution is 5.46. The number of benzene rings is 1. The third kappa shape index (κ3) is 2.66. The van der Waals surface area contributed by atoms with E-state index < -0.39 is 0 Å². The summed E-state index contributed by atoms with van der Waals surface area (Å²) in [4.78, 5) is 0. The van der Waals surface area contributed by atoms with Gasteiger partial charge in [-0.2, -0.15) is 0 Å². The van der Waals surface area contributed by atoms with Crippen LogP contribution in [0.4, 0.5) is 0 Å². The average molecular weight is 258 g/mol. The fourth-order valence-corrected chi connectivity index (χ4v) is 3.30. The Hall–Kier alpha value is -0.980. The van der Waals surface area contributed by atoms with Crippen molar-refractivity contribution in [2.24, 2.45) is 11.8 Å². The Morgan fingerprint density at radius 3 is 1.84 bits per heavy atom. The zero-order chi connectivity index (χ0) is 13.4. The second-order valence-corrected chi connectivity index (χ2v) is 6.45. The summed E-state index contributed by atoms with van der Waals surface area (Å²) in [6.07, 6.45) is 5.59. The van der Waals surface area contributed by atoms with Crippen molar-refractivity contribution in [1.29, 1.82) is 0 Å². The lowest BCUT2D eigenvalue weighted by Gasteiger charge is -2.22. The van der Waals surface area contributed by atoms with Crippen LogP contribution < -0.4 is 4.74 Å². The van der Waals surface area contributed by atoms with Crippen molar-refractivity contribution >= 4 is 0 Å². The molecule has 1 aromatic rings. The zero-order valence-electron chi connectivity index (χ0n) is 12.5. The molecule has 0 aromatic heterocycles. The van der Waals surface area contributed by atoms with Crippen LogP contribution in [0.2, 0.25) is 0 Å². The zero-order valence-corrected chi connectivity index (χ0v) is 12.5. The molecule has 0 N–H and O–H groups in total. The maximum atomic E-state index is 6.07. The standard InChI is InChI=1S/C18H26O/c1-4-19-18-16(12(2)14-8-9-14)6-5-7-17(18)13(3)15-10-11-15/h5-7,12-15H,4,8-11H2,1-3H3/t12-,13+. The van der Waals surface area contributed by atoms with Gasteiger partial charge in [0.2, 0.25) is 0 Å². The van der Waals surface area contributed by atoms with Gasteiger partial charge in [-0.25, -0.2) is 0 Å². The van der Waals surface area contributed by atoms with Gasteiger partial charge in [-0.05, 0) is 67.4 Å². The van der Waals surface area contributed by atoms with E-state index in [1.807, 2.05) is 0 Å². The van der Waals surface area contributed by atoms with Crippen molar-refractivity contribution in [1.82, 2.24) is 0 Å². The van der Waals surface area contributed by atoms with Crippen LogP contribution >= 0.6 is 0 Å². The SMILES string of the molecule is CCOc1c([C@@H](C)C2CC2)cccc1[C@H](C)C1CC1. The Labute approximate surface area is 117 Å². The summed E-state index contributed by atoms with van der Waals surface area (Å²) in [7, 11) is 0. The van der Waals surface area contributed by atoms with Gasteiger partial charge in [-0.3, -0.25) is 0 Å². The van der Waals surface area contributed by atoms with Crippen LogP contribution in [0, 0.1) is 11.8 Å². The Morgan fingerprint density at radius 1 is 1.00 bits per heavy atom. The van der Waals surface area contributed by atoms with Gasteiger partial charge in [0.05, 0.1) is 6.61 Å². The van der Waals surface area contributed by atoms with Crippen LogP contribution in [0.5, 0.6) is 5.75 Å². The van der Waals surface area contributed by atoms with E-state index in [0.29, 0.717) is 11.8 Å². The maximum absolute atomic E-state index is 6.07. The van der Waals surface area contributed by atoms with Gasteiger partial charge in [0.25, 0.3) is 0 Å². The van der Waals surface area contributed by atoms with E-state index in [-0.39, 0.29) is 0 Å². The molecule has 2 atom stereocenters. The molecule has 104 valence electrons. The van der Waals surface area contributed by atoms with Crippen LogP contribution in [0.1, 0.15) is 69.4 Å². The van der Waals surface area contributed by atoms with Gasteiger partial charge < -0.3 is 4.74 Å². The number of para-hydroxylation sites is 1. The topological polar surface area (TPSA) is 9.23 Å². The third-order valence-electron chi connectivity index (χ3n) is 5.00. The van der Waals surface area contributed by atoms with E-state index in [9.17, 15) is 0 Å². The van der Waals surface area contributed by atoms with Crippen LogP contribution in [-0.4, -0.2) is 6.61 Å². The molecule has 0 amide bonds. The summed E-state index contributed by atoms with van der Waals surface area (Å²) in [6.45, 7) is 7.63. The molecular weight excluding hydrogens is 232 g/mol. The summed E-state index contributed by atoms with van der Waals surface area (Å²) in [6, 6.07) is 6.82. The summed E-state index contributed by atoms with van der Waals surface area (Å²) in [5.41, 5.74) is 2.91. The first-order valence-electron chi connectivity index (χ1n) is 7.98. The van der Waals surface area contributed by atoms with Crippen molar-refractivity contribution in [2.45, 2.75) is 58.3 Å². The predicted molar refractivity (Wildman–Crippen MR) is 79.9 cm³/mol. The Balaban J connectivity index is 1.95. The molecule has 19 heavy (non-hydrogen) atoms. The summed E-state index contributed by atoms with van der Waals surface area (Å²) in [5.74, 6) is 4.32. The number of hydrogen-bond acceptors (Lipinski definition) is 1. The molecule has 0 saturated heterocycles. The molecule has 2 aliphatic rings. The molecule has 2 aliphatic carbocycles. The van der Waals surface area contributed by atoms with E-state index in [1.54, 1.807) is 0 Å². The average Bonchev–Trinajstić information content (AvgIpc) is 3.31. The van der Waals surface area contributed by atoms with Crippen molar-refractivity contribution in [3.05, 3.63) is 29.3 Å². The highest BCUT2D eigenvalue weighted by atomic mass is 16.5. The van der Waals surface area contributed by atoms with Crippen molar-refractivity contribution in [2.75, 3.05) is 6.61 Å². The normalized spacial score (nSPS) is 22.1. The van der Waals surface area contributed by atoms with Crippen molar-refractivity contribution in [3.63, 3.8) is 0 Å². The predicted octanol–water partition coefficient (Wildman–Crippen LogP) is 5.11. The molecular formula is C18H26O. The van der Waals surface area contributed by atoms with E-state index in [2.05, 4.69) is 39.0 Å². The van der Waals surface area contributed by atoms with Crippen LogP contribution in [-0.2, 0) is 0 Å². The van der Waals surface area contributed by atoms with Crippen molar-refractivity contribution < 1.29 is 4.74 Å². The minimum Gasteiger partial charge on any atom is -0.493 e. The monoisotopic (exact) mass is 258 g/mol. The second-order valence-electron chi connectivity index (χ2n) is 6.45. The second kappa shape index (κ2) is 5.19. The lowest BCUT2D eigenvalue weighted by Crippen LogP contribution is -2.07. The number of ether oxygens (including phenoxy) is 1. The largest absolute Gasteiger partial charge is 0.493 e. The number of hydrogen-bond donors (Lipinski definition) is 0. The summed E-state index contributed by atoms with van der Waals surface area (Å²) in [5, 5.41) is 0. The lowest BCUT2D eigenvalue weighted by atomic mass is 9.88.